The fourth-order valence-electron chi connectivity index (χ4n) is 4.29. The molecule has 190 valence electrons. The lowest BCUT2D eigenvalue weighted by Crippen LogP contribution is -2.53. The van der Waals surface area contributed by atoms with E-state index in [-0.39, 0.29) is 11.1 Å². The summed E-state index contributed by atoms with van der Waals surface area (Å²) in [4.78, 5) is 0. The Morgan fingerprint density at radius 3 is 1.08 bits per heavy atom. The molecule has 0 aromatic heterocycles. The standard InChI is InChI=1S/C25H10BClF10/c27-26(14-17(30)21(34)24(37)22(35)18(14)31)25(11-7-3-1-4-8-11,12-9-5-2-6-10-12)13-15(28)19(32)23(36)20(33)16(13)29/h1-10H. The summed E-state index contributed by atoms with van der Waals surface area (Å²) < 4.78 is 146. The first kappa shape index (κ1) is 26.6. The van der Waals surface area contributed by atoms with Crippen LogP contribution < -0.4 is 5.46 Å². The summed E-state index contributed by atoms with van der Waals surface area (Å²) in [6.07, 6.45) is -2.64. The lowest BCUT2D eigenvalue weighted by Gasteiger charge is -2.39. The van der Waals surface area contributed by atoms with E-state index < -0.39 is 80.6 Å². The number of rotatable bonds is 5. The highest BCUT2D eigenvalue weighted by atomic mass is 35.5. The van der Waals surface area contributed by atoms with Gasteiger partial charge < -0.3 is 0 Å². The first-order valence-corrected chi connectivity index (χ1v) is 10.7. The Labute approximate surface area is 208 Å². The minimum Gasteiger partial charge on any atom is -0.204 e. The molecule has 0 saturated heterocycles. The topological polar surface area (TPSA) is 0 Å². The van der Waals surface area contributed by atoms with E-state index in [1.54, 1.807) is 0 Å². The van der Waals surface area contributed by atoms with Crippen LogP contribution in [-0.4, -0.2) is 6.13 Å². The molecule has 37 heavy (non-hydrogen) atoms. The van der Waals surface area contributed by atoms with Crippen LogP contribution in [0.3, 0.4) is 0 Å². The lowest BCUT2D eigenvalue weighted by molar-refractivity contribution is 0.366. The summed E-state index contributed by atoms with van der Waals surface area (Å²) in [5.41, 5.74) is -4.17. The molecule has 0 spiro atoms. The third kappa shape index (κ3) is 3.87. The van der Waals surface area contributed by atoms with Crippen molar-refractivity contribution in [1.82, 2.24) is 0 Å². The molecule has 0 radical (unpaired) electrons. The summed E-state index contributed by atoms with van der Waals surface area (Å²) in [6.45, 7) is 0. The highest BCUT2D eigenvalue weighted by molar-refractivity contribution is 7.16. The van der Waals surface area contributed by atoms with Crippen molar-refractivity contribution in [2.24, 2.45) is 0 Å². The first-order valence-electron chi connectivity index (χ1n) is 10.3. The number of hydrogen-bond acceptors (Lipinski definition) is 0. The second-order valence-corrected chi connectivity index (χ2v) is 8.27. The van der Waals surface area contributed by atoms with E-state index >= 15 is 8.78 Å². The molecular weight excluding hydrogens is 537 g/mol. The van der Waals surface area contributed by atoms with E-state index in [2.05, 4.69) is 0 Å². The van der Waals surface area contributed by atoms with Gasteiger partial charge in [0.05, 0.1) is 5.31 Å². The van der Waals surface area contributed by atoms with Gasteiger partial charge in [-0.05, 0) is 11.1 Å². The van der Waals surface area contributed by atoms with Crippen molar-refractivity contribution in [2.75, 3.05) is 0 Å². The van der Waals surface area contributed by atoms with Crippen molar-refractivity contribution in [3.8, 4) is 0 Å². The van der Waals surface area contributed by atoms with E-state index in [9.17, 15) is 35.1 Å². The van der Waals surface area contributed by atoms with E-state index in [0.29, 0.717) is 0 Å². The molecule has 0 aliphatic heterocycles. The van der Waals surface area contributed by atoms with Crippen LogP contribution in [0.15, 0.2) is 60.7 Å². The number of halogens is 11. The molecule has 0 heterocycles. The van der Waals surface area contributed by atoms with Crippen molar-refractivity contribution in [3.63, 3.8) is 0 Å². The molecule has 0 atom stereocenters. The van der Waals surface area contributed by atoms with Crippen LogP contribution in [-0.2, 0) is 5.31 Å². The Bertz CT molecular complexity index is 1400. The number of hydrogen-bond donors (Lipinski definition) is 0. The third-order valence-electron chi connectivity index (χ3n) is 5.94. The summed E-state index contributed by atoms with van der Waals surface area (Å²) in [6, 6.07) is 12.1. The van der Waals surface area contributed by atoms with Gasteiger partial charge in [0, 0.05) is 11.0 Å². The van der Waals surface area contributed by atoms with Gasteiger partial charge in [-0.25, -0.2) is 43.9 Å². The summed E-state index contributed by atoms with van der Waals surface area (Å²) in [5.74, 6) is -24.5. The highest BCUT2D eigenvalue weighted by Gasteiger charge is 2.54. The van der Waals surface area contributed by atoms with Crippen LogP contribution >= 0.6 is 11.5 Å². The van der Waals surface area contributed by atoms with Crippen LogP contribution in [0.2, 0.25) is 0 Å². The van der Waals surface area contributed by atoms with Crippen molar-refractivity contribution < 1.29 is 43.9 Å². The molecule has 0 unspecified atom stereocenters. The largest absolute Gasteiger partial charge is 0.309 e. The summed E-state index contributed by atoms with van der Waals surface area (Å²) >= 11 is 6.42. The Balaban J connectivity index is 2.30. The van der Waals surface area contributed by atoms with Crippen LogP contribution in [0.4, 0.5) is 43.9 Å². The molecule has 0 aliphatic carbocycles. The molecule has 4 rings (SSSR count). The van der Waals surface area contributed by atoms with Gasteiger partial charge in [-0.3, -0.25) is 0 Å². The smallest absolute Gasteiger partial charge is 0.204 e. The van der Waals surface area contributed by atoms with Gasteiger partial charge in [-0.1, -0.05) is 60.7 Å². The molecular formula is C25H10BClF10. The van der Waals surface area contributed by atoms with Crippen molar-refractivity contribution in [1.29, 1.82) is 0 Å². The molecule has 0 nitrogen and oxygen atoms in total. The van der Waals surface area contributed by atoms with Crippen molar-refractivity contribution in [3.05, 3.63) is 136 Å². The van der Waals surface area contributed by atoms with Crippen LogP contribution in [0.25, 0.3) is 0 Å². The van der Waals surface area contributed by atoms with Gasteiger partial charge in [-0.15, -0.1) is 0 Å². The maximum absolute atomic E-state index is 15.4. The predicted molar refractivity (Wildman–Crippen MR) is 116 cm³/mol. The van der Waals surface area contributed by atoms with E-state index in [0.717, 1.165) is 24.3 Å². The average molecular weight is 547 g/mol. The lowest BCUT2D eigenvalue weighted by atomic mass is 9.40. The molecule has 0 fully saturated rings. The molecule has 12 heteroatoms. The zero-order valence-corrected chi connectivity index (χ0v) is 18.8. The van der Waals surface area contributed by atoms with Gasteiger partial charge in [0.15, 0.2) is 52.4 Å². The zero-order valence-electron chi connectivity index (χ0n) is 18.0. The third-order valence-corrected chi connectivity index (χ3v) is 6.49. The number of benzene rings is 4. The molecule has 4 aromatic rings. The second kappa shape index (κ2) is 9.77. The van der Waals surface area contributed by atoms with Gasteiger partial charge in [-0.2, -0.15) is 11.5 Å². The van der Waals surface area contributed by atoms with Gasteiger partial charge in [0.2, 0.25) is 5.82 Å². The maximum atomic E-state index is 15.4. The highest BCUT2D eigenvalue weighted by Crippen LogP contribution is 2.46. The normalized spacial score (nSPS) is 11.6. The van der Waals surface area contributed by atoms with Crippen molar-refractivity contribution in [2.45, 2.75) is 5.31 Å². The molecule has 0 bridgehead atoms. The summed E-state index contributed by atoms with van der Waals surface area (Å²) in [7, 11) is 0. The van der Waals surface area contributed by atoms with Crippen molar-refractivity contribution >= 4 is 23.1 Å². The summed E-state index contributed by atoms with van der Waals surface area (Å²) in [5, 5.41) is -2.91. The van der Waals surface area contributed by atoms with Crippen LogP contribution in [0, 0.1) is 58.2 Å². The molecule has 0 N–H and O–H groups in total. The molecule has 4 aromatic carbocycles. The average Bonchev–Trinajstić information content (AvgIpc) is 2.92. The predicted octanol–water partition coefficient (Wildman–Crippen LogP) is 7.09. The molecule has 0 saturated carbocycles. The Hall–Kier alpha value is -3.47. The van der Waals surface area contributed by atoms with Gasteiger partial charge >= 0.3 is 6.13 Å². The quantitative estimate of drug-likeness (QED) is 0.0825. The second-order valence-electron chi connectivity index (χ2n) is 7.83. The molecule has 0 amide bonds. The molecule has 0 aliphatic rings. The SMILES string of the molecule is Fc1c(F)c(F)c(B(Cl)C(c2ccccc2)(c2ccccc2)c2c(F)c(F)c(F)c(F)c2F)c(F)c1F. The fraction of sp³-hybridized carbons (Fsp3) is 0.0400. The first-order chi connectivity index (χ1) is 17.5. The van der Waals surface area contributed by atoms with Gasteiger partial charge in [0.25, 0.3) is 0 Å². The Kier molecular flexibility index (Phi) is 7.03. The van der Waals surface area contributed by atoms with Gasteiger partial charge in [0.1, 0.15) is 0 Å². The Morgan fingerprint density at radius 1 is 0.432 bits per heavy atom. The zero-order chi connectivity index (χ0) is 27.2. The van der Waals surface area contributed by atoms with E-state index in [1.807, 2.05) is 0 Å². The minimum atomic E-state index is -2.91. The van der Waals surface area contributed by atoms with E-state index in [4.69, 9.17) is 11.5 Å². The fourth-order valence-corrected chi connectivity index (χ4v) is 4.84. The van der Waals surface area contributed by atoms with Crippen LogP contribution in [0.5, 0.6) is 0 Å². The van der Waals surface area contributed by atoms with E-state index in [1.165, 1.54) is 36.4 Å². The Morgan fingerprint density at radius 2 is 0.730 bits per heavy atom. The maximum Gasteiger partial charge on any atom is 0.309 e. The monoisotopic (exact) mass is 546 g/mol. The minimum absolute atomic E-state index is 0.381. The van der Waals surface area contributed by atoms with Crippen LogP contribution in [0.1, 0.15) is 16.7 Å².